The van der Waals surface area contributed by atoms with Crippen LogP contribution in [-0.4, -0.2) is 102 Å². The molecule has 0 aliphatic carbocycles. The zero-order valence-electron chi connectivity index (χ0n) is 33.6. The van der Waals surface area contributed by atoms with Crippen LogP contribution < -0.4 is 48.4 Å². The van der Waals surface area contributed by atoms with E-state index in [0.717, 1.165) is 0 Å². The van der Waals surface area contributed by atoms with Gasteiger partial charge in [-0.2, -0.15) is 13.5 Å². The summed E-state index contributed by atoms with van der Waals surface area (Å²) in [6.45, 7) is -0.796. The molecule has 12 N–H and O–H groups in total. The fourth-order valence-electron chi connectivity index (χ4n) is 5.49. The van der Waals surface area contributed by atoms with Gasteiger partial charge in [0, 0.05) is 31.3 Å². The first kappa shape index (κ1) is 51.1. The molecular formula is C41H47N11O12S. The molecule has 0 spiro atoms. The normalized spacial score (nSPS) is 17.0. The van der Waals surface area contributed by atoms with E-state index in [2.05, 4.69) is 52.7 Å². The fraction of sp³-hybridized carbons (Fsp3) is 0.220. The molecule has 0 unspecified atom stereocenters. The van der Waals surface area contributed by atoms with E-state index in [1.54, 1.807) is 36.4 Å². The van der Waals surface area contributed by atoms with Gasteiger partial charge >= 0.3 is 12.0 Å². The molecule has 23 nitrogen and oxygen atoms in total. The number of nitrogens with one attached hydrogen (secondary N) is 8. The van der Waals surface area contributed by atoms with Crippen LogP contribution in [0.4, 0.5) is 10.6 Å². The Morgan fingerprint density at radius 3 is 2.20 bits per heavy atom. The number of aliphatic carboxylic acids is 1. The van der Waals surface area contributed by atoms with Crippen molar-refractivity contribution in [1.29, 1.82) is 0 Å². The van der Waals surface area contributed by atoms with E-state index in [9.17, 15) is 56.4 Å². The van der Waals surface area contributed by atoms with Gasteiger partial charge in [-0.3, -0.25) is 38.7 Å². The van der Waals surface area contributed by atoms with E-state index in [1.165, 1.54) is 54.9 Å². The molecule has 8 amide bonds. The highest BCUT2D eigenvalue weighted by atomic mass is 32.2. The number of carbonyl (C=O) groups is 8. The highest BCUT2D eigenvalue weighted by molar-refractivity contribution is 7.86. The number of urea groups is 1. The first-order valence-corrected chi connectivity index (χ1v) is 20.5. The van der Waals surface area contributed by atoms with Crippen LogP contribution in [0, 0.1) is 0 Å². The van der Waals surface area contributed by atoms with Crippen molar-refractivity contribution in [3.8, 4) is 0 Å². The number of hydrogen-bond donors (Lipinski definition) is 11. The SMILES string of the molecule is C.NC(=O)NCC/C=C1\NC(=O)/C(=C\CCCNC(=O)c2ccc(NN=Cc3ccccc3S(=O)(=O)O)nc2)NC(=O)[C@@H](Cc2ccccc2)NC(=O)/C(=C\C(=O)O)NC(=O)CNC1=O. The van der Waals surface area contributed by atoms with E-state index in [0.29, 0.717) is 11.6 Å². The fourth-order valence-corrected chi connectivity index (χ4v) is 6.16. The van der Waals surface area contributed by atoms with Gasteiger partial charge in [0.05, 0.1) is 24.4 Å². The molecule has 24 heteroatoms. The number of benzene rings is 2. The first-order chi connectivity index (χ1) is 30.5. The second-order valence-corrected chi connectivity index (χ2v) is 14.7. The van der Waals surface area contributed by atoms with E-state index in [4.69, 9.17) is 5.73 Å². The number of amides is 8. The van der Waals surface area contributed by atoms with Gasteiger partial charge in [-0.15, -0.1) is 0 Å². The number of anilines is 1. The molecule has 1 aliphatic heterocycles. The maximum atomic E-state index is 13.9. The minimum absolute atomic E-state index is 0. The molecule has 2 aromatic carbocycles. The van der Waals surface area contributed by atoms with Crippen LogP contribution in [0.5, 0.6) is 0 Å². The number of allylic oxidation sites excluding steroid dienone is 1. The Kier molecular flexibility index (Phi) is 19.7. The number of hydrazone groups is 1. The predicted molar refractivity (Wildman–Crippen MR) is 234 cm³/mol. The van der Waals surface area contributed by atoms with Crippen LogP contribution in [0.1, 0.15) is 48.2 Å². The Morgan fingerprint density at radius 2 is 1.52 bits per heavy atom. The van der Waals surface area contributed by atoms with Crippen molar-refractivity contribution in [3.63, 3.8) is 0 Å². The van der Waals surface area contributed by atoms with Gasteiger partial charge in [-0.1, -0.05) is 68.1 Å². The van der Waals surface area contributed by atoms with Crippen LogP contribution in [0.15, 0.2) is 118 Å². The summed E-state index contributed by atoms with van der Waals surface area (Å²) in [7, 11) is -4.49. The second kappa shape index (κ2) is 25.0. The number of primary amides is 1. The Labute approximate surface area is 372 Å². The first-order valence-electron chi connectivity index (χ1n) is 19.0. The van der Waals surface area contributed by atoms with E-state index in [-0.39, 0.29) is 73.7 Å². The Bertz CT molecular complexity index is 2490. The monoisotopic (exact) mass is 917 g/mol. The summed E-state index contributed by atoms with van der Waals surface area (Å²) in [6.07, 6.45) is 5.40. The van der Waals surface area contributed by atoms with Crippen molar-refractivity contribution < 1.29 is 56.4 Å². The average molecular weight is 918 g/mol. The summed E-state index contributed by atoms with van der Waals surface area (Å²) in [5.41, 5.74) is 6.96. The van der Waals surface area contributed by atoms with Crippen LogP contribution in [-0.2, 0) is 45.3 Å². The molecule has 4 rings (SSSR count). The minimum Gasteiger partial charge on any atom is -0.478 e. The molecule has 344 valence electrons. The Morgan fingerprint density at radius 1 is 0.831 bits per heavy atom. The van der Waals surface area contributed by atoms with Gasteiger partial charge in [-0.25, -0.2) is 14.6 Å². The van der Waals surface area contributed by atoms with Gasteiger partial charge in [0.15, 0.2) is 0 Å². The quantitative estimate of drug-likeness (QED) is 0.0313. The summed E-state index contributed by atoms with van der Waals surface area (Å²) in [5, 5.41) is 29.9. The molecule has 1 aromatic heterocycles. The summed E-state index contributed by atoms with van der Waals surface area (Å²) in [5.74, 6) is -7.09. The largest absolute Gasteiger partial charge is 0.478 e. The zero-order chi connectivity index (χ0) is 46.6. The third-order valence-electron chi connectivity index (χ3n) is 8.51. The van der Waals surface area contributed by atoms with Crippen molar-refractivity contribution in [3.05, 3.63) is 125 Å². The van der Waals surface area contributed by atoms with Gasteiger partial charge in [0.2, 0.25) is 11.8 Å². The highest BCUT2D eigenvalue weighted by Gasteiger charge is 2.28. The van der Waals surface area contributed by atoms with Gasteiger partial charge in [0.1, 0.15) is 33.8 Å². The number of pyridine rings is 1. The van der Waals surface area contributed by atoms with Gasteiger partial charge in [-0.05, 0) is 43.0 Å². The molecule has 0 radical (unpaired) electrons. The van der Waals surface area contributed by atoms with Crippen molar-refractivity contribution in [1.82, 2.24) is 42.2 Å². The van der Waals surface area contributed by atoms with E-state index >= 15 is 0 Å². The number of nitrogens with two attached hydrogens (primary N) is 1. The number of carboxylic acids is 1. The maximum absolute atomic E-state index is 13.9. The second-order valence-electron chi connectivity index (χ2n) is 13.3. The molecule has 1 atom stereocenters. The van der Waals surface area contributed by atoms with E-state index in [1.807, 2.05) is 0 Å². The average Bonchev–Trinajstić information content (AvgIpc) is 3.25. The summed E-state index contributed by atoms with van der Waals surface area (Å²) in [6, 6.07) is 14.5. The summed E-state index contributed by atoms with van der Waals surface area (Å²) in [4.78, 5) is 106. The van der Waals surface area contributed by atoms with Crippen LogP contribution in [0.25, 0.3) is 0 Å². The van der Waals surface area contributed by atoms with Crippen molar-refractivity contribution >= 4 is 69.6 Å². The number of nitrogens with zero attached hydrogens (tertiary/aromatic N) is 2. The van der Waals surface area contributed by atoms with Crippen molar-refractivity contribution in [2.24, 2.45) is 10.8 Å². The number of carbonyl (C=O) groups excluding carboxylic acids is 7. The van der Waals surface area contributed by atoms with Crippen LogP contribution in [0.3, 0.4) is 0 Å². The lowest BCUT2D eigenvalue weighted by Gasteiger charge is -2.20. The molecule has 1 aliphatic rings. The molecule has 65 heavy (non-hydrogen) atoms. The molecular weight excluding hydrogens is 871 g/mol. The van der Waals surface area contributed by atoms with Crippen LogP contribution >= 0.6 is 0 Å². The zero-order valence-corrected chi connectivity index (χ0v) is 34.4. The molecule has 1 fully saturated rings. The third kappa shape index (κ3) is 17.2. The Balaban J connectivity index is 0.0000112. The number of carboxylic acid groups (broad SMARTS) is 1. The lowest BCUT2D eigenvalue weighted by atomic mass is 10.0. The minimum atomic E-state index is -4.49. The number of aromatic nitrogens is 1. The molecule has 3 aromatic rings. The predicted octanol–water partition coefficient (Wildman–Crippen LogP) is -0.0790. The molecule has 0 bridgehead atoms. The van der Waals surface area contributed by atoms with Crippen molar-refractivity contribution in [2.45, 2.75) is 44.0 Å². The van der Waals surface area contributed by atoms with Gasteiger partial charge < -0.3 is 48.1 Å². The van der Waals surface area contributed by atoms with Crippen molar-refractivity contribution in [2.75, 3.05) is 25.1 Å². The smallest absolute Gasteiger partial charge is 0.330 e. The lowest BCUT2D eigenvalue weighted by molar-refractivity contribution is -0.132. The standard InChI is InChI=1S/C40H43N11O12S.CH4/c41-40(60)43-18-8-13-27-36(56)45-23-33(52)47-30(20-34(53)54)39(59)50-29(19-24-9-2-1-3-10-24)38(58)49-28(37(57)48-27)12-6-7-17-42-35(55)26-15-16-32(44-21-26)51-46-22-25-11-4-5-14-31(25)64(61,62)63;/h1-5,9-16,20-22,29H,6-8,17-19,23H2,(H,42,55)(H,44,51)(H,45,56)(H,47,52)(H,48,57)(H,49,58)(H,50,59)(H,53,54)(H3,41,43,60)(H,61,62,63);1H4/b27-13-,28-12+,30-20+,46-22?;/t29-;/m1./s1. The topological polar surface area (TPSA) is 359 Å². The van der Waals surface area contributed by atoms with Crippen LogP contribution in [0.2, 0.25) is 0 Å². The Hall–Kier alpha value is -8.25. The lowest BCUT2D eigenvalue weighted by Crippen LogP contribution is -2.51. The maximum Gasteiger partial charge on any atom is 0.330 e. The number of unbranched alkanes of at least 4 members (excludes halogenated alkanes) is 1. The number of rotatable bonds is 15. The number of hydrogen-bond acceptors (Lipinski definition) is 13. The molecule has 1 saturated heterocycles. The third-order valence-corrected chi connectivity index (χ3v) is 9.44. The highest BCUT2D eigenvalue weighted by Crippen LogP contribution is 2.14. The molecule has 2 heterocycles. The van der Waals surface area contributed by atoms with Gasteiger partial charge in [0.25, 0.3) is 33.7 Å². The summed E-state index contributed by atoms with van der Waals surface area (Å²) >= 11 is 0. The van der Waals surface area contributed by atoms with E-state index < -0.39 is 81.5 Å². The summed E-state index contributed by atoms with van der Waals surface area (Å²) < 4.78 is 32.6. The molecule has 0 saturated carbocycles.